The van der Waals surface area contributed by atoms with Crippen LogP contribution >= 0.6 is 11.3 Å². The Balaban J connectivity index is 1.19. The highest BCUT2D eigenvalue weighted by atomic mass is 32.1. The monoisotopic (exact) mass is 534 g/mol. The molecule has 2 aliphatic rings. The van der Waals surface area contributed by atoms with Crippen molar-refractivity contribution in [2.75, 3.05) is 55.6 Å². The lowest BCUT2D eigenvalue weighted by Gasteiger charge is -2.46. The molecule has 2 aromatic carbocycles. The lowest BCUT2D eigenvalue weighted by Crippen LogP contribution is -2.59. The highest BCUT2D eigenvalue weighted by Crippen LogP contribution is 2.32. The maximum Gasteiger partial charge on any atom is 0.255 e. The largest absolute Gasteiger partial charge is 0.397 e. The zero-order chi connectivity index (χ0) is 26.5. The number of nitrogens with two attached hydrogens (primary N) is 1. The number of piperazine rings is 1. The molecule has 3 aromatic rings. The molecule has 2 saturated heterocycles. The van der Waals surface area contributed by atoms with Crippen LogP contribution in [-0.2, 0) is 0 Å². The number of nitrogen functional groups attached to an aromatic ring is 1. The van der Waals surface area contributed by atoms with Gasteiger partial charge in [0.2, 0.25) is 0 Å². The zero-order valence-corrected chi connectivity index (χ0v) is 22.8. The Labute approximate surface area is 228 Å². The van der Waals surface area contributed by atoms with Gasteiger partial charge in [0.25, 0.3) is 5.91 Å². The Morgan fingerprint density at radius 3 is 2.45 bits per heavy atom. The number of rotatable bonds is 8. The molecule has 9 heteroatoms. The van der Waals surface area contributed by atoms with Crippen LogP contribution in [0.2, 0.25) is 0 Å². The number of benzene rings is 2. The van der Waals surface area contributed by atoms with E-state index in [1.807, 2.05) is 53.9 Å². The number of hydrogen-bond acceptors (Lipinski definition) is 8. The minimum Gasteiger partial charge on any atom is -0.397 e. The van der Waals surface area contributed by atoms with Gasteiger partial charge < -0.3 is 26.8 Å². The standard InChI is InChI=1S/C29H38N6O2S/c1-2-29(11-15-34(16-12-29)28(37)35-17-13-31-14-18-35)33-23-8-5-21(6-9-23)27(36)32-25-20-22(7-10-24(25)30)26-4-3-19-38-26/h3-10,19-20,28,31,33,37H,2,11-18,30H2,1H3,(H,32,36). The molecule has 1 atom stereocenters. The van der Waals surface area contributed by atoms with Crippen LogP contribution in [0.15, 0.2) is 60.0 Å². The molecule has 3 heterocycles. The molecule has 0 spiro atoms. The molecule has 0 bridgehead atoms. The first-order valence-corrected chi connectivity index (χ1v) is 14.3. The third-order valence-corrected chi connectivity index (χ3v) is 8.82. The van der Waals surface area contributed by atoms with Gasteiger partial charge >= 0.3 is 0 Å². The topological polar surface area (TPSA) is 106 Å². The first kappa shape index (κ1) is 26.6. The average Bonchev–Trinajstić information content (AvgIpc) is 3.50. The van der Waals surface area contributed by atoms with Crippen molar-refractivity contribution in [3.05, 3.63) is 65.5 Å². The number of anilines is 3. The van der Waals surface area contributed by atoms with Crippen LogP contribution in [0, 0.1) is 0 Å². The van der Waals surface area contributed by atoms with Crippen LogP contribution in [0.1, 0.15) is 36.5 Å². The normalized spacial score (nSPS) is 19.1. The number of nitrogens with zero attached hydrogens (tertiary/aromatic N) is 2. The van der Waals surface area contributed by atoms with E-state index in [1.54, 1.807) is 11.3 Å². The van der Waals surface area contributed by atoms with Gasteiger partial charge in [-0.25, -0.2) is 0 Å². The highest BCUT2D eigenvalue weighted by molar-refractivity contribution is 7.13. The molecular weight excluding hydrogens is 496 g/mol. The number of carbonyl (C=O) groups is 1. The molecule has 202 valence electrons. The fraction of sp³-hybridized carbons (Fsp3) is 0.414. The first-order chi connectivity index (χ1) is 18.5. The van der Waals surface area contributed by atoms with Crippen LogP contribution in [0.3, 0.4) is 0 Å². The van der Waals surface area contributed by atoms with Gasteiger partial charge in [-0.15, -0.1) is 11.3 Å². The van der Waals surface area contributed by atoms with Crippen molar-refractivity contribution in [2.24, 2.45) is 0 Å². The zero-order valence-electron chi connectivity index (χ0n) is 22.0. The third-order valence-electron chi connectivity index (χ3n) is 7.90. The lowest BCUT2D eigenvalue weighted by atomic mass is 9.84. The van der Waals surface area contributed by atoms with Gasteiger partial charge in [-0.05, 0) is 72.7 Å². The SMILES string of the molecule is CCC1(Nc2ccc(C(=O)Nc3cc(-c4cccs4)ccc3N)cc2)CCN(C(O)N2CCNCC2)CC1. The van der Waals surface area contributed by atoms with Crippen molar-refractivity contribution in [3.63, 3.8) is 0 Å². The minimum atomic E-state index is -0.509. The number of piperidine rings is 1. The summed E-state index contributed by atoms with van der Waals surface area (Å²) in [5.41, 5.74) is 9.88. The third kappa shape index (κ3) is 6.03. The van der Waals surface area contributed by atoms with Crippen LogP contribution in [0.25, 0.3) is 10.4 Å². The van der Waals surface area contributed by atoms with Crippen molar-refractivity contribution < 1.29 is 9.90 Å². The van der Waals surface area contributed by atoms with E-state index in [2.05, 4.69) is 38.7 Å². The molecule has 5 rings (SSSR count). The summed E-state index contributed by atoms with van der Waals surface area (Å²) < 4.78 is 0. The smallest absolute Gasteiger partial charge is 0.255 e. The molecule has 0 radical (unpaired) electrons. The van der Waals surface area contributed by atoms with Crippen LogP contribution in [-0.4, -0.2) is 72.0 Å². The fourth-order valence-electron chi connectivity index (χ4n) is 5.36. The number of aliphatic hydroxyl groups is 1. The Bertz CT molecular complexity index is 1200. The Morgan fingerprint density at radius 2 is 1.79 bits per heavy atom. The van der Waals surface area contributed by atoms with Crippen LogP contribution in [0.5, 0.6) is 0 Å². The van der Waals surface area contributed by atoms with Gasteiger partial charge in [-0.2, -0.15) is 0 Å². The van der Waals surface area contributed by atoms with Crippen molar-refractivity contribution in [1.29, 1.82) is 0 Å². The molecule has 1 unspecified atom stereocenters. The maximum atomic E-state index is 13.0. The summed E-state index contributed by atoms with van der Waals surface area (Å²) in [6.45, 7) is 7.51. The highest BCUT2D eigenvalue weighted by Gasteiger charge is 2.36. The fourth-order valence-corrected chi connectivity index (χ4v) is 6.08. The number of hydrogen-bond donors (Lipinski definition) is 5. The molecular formula is C29H38N6O2S. The van der Waals surface area contributed by atoms with Gasteiger partial charge in [0, 0.05) is 60.9 Å². The molecule has 1 amide bonds. The molecule has 0 aliphatic carbocycles. The minimum absolute atomic E-state index is 0.0276. The second-order valence-electron chi connectivity index (χ2n) is 10.2. The van der Waals surface area contributed by atoms with Crippen LogP contribution in [0.4, 0.5) is 17.1 Å². The Kier molecular flexibility index (Phi) is 8.30. The van der Waals surface area contributed by atoms with Crippen LogP contribution < -0.4 is 21.7 Å². The summed E-state index contributed by atoms with van der Waals surface area (Å²) in [7, 11) is 0. The number of nitrogens with one attached hydrogen (secondary N) is 3. The van der Waals surface area contributed by atoms with E-state index in [4.69, 9.17) is 5.73 Å². The summed E-state index contributed by atoms with van der Waals surface area (Å²) in [5.74, 6) is -0.188. The molecule has 2 aliphatic heterocycles. The summed E-state index contributed by atoms with van der Waals surface area (Å²) in [6, 6.07) is 17.4. The Morgan fingerprint density at radius 1 is 1.08 bits per heavy atom. The molecule has 2 fully saturated rings. The summed E-state index contributed by atoms with van der Waals surface area (Å²) in [6.07, 6.45) is 2.39. The van der Waals surface area contributed by atoms with Gasteiger partial charge in [0.1, 0.15) is 0 Å². The predicted octanol–water partition coefficient (Wildman–Crippen LogP) is 4.09. The van der Waals surface area contributed by atoms with Gasteiger partial charge in [0.15, 0.2) is 6.35 Å². The maximum absolute atomic E-state index is 13.0. The van der Waals surface area contributed by atoms with E-state index in [-0.39, 0.29) is 11.4 Å². The van der Waals surface area contributed by atoms with E-state index in [1.165, 1.54) is 0 Å². The van der Waals surface area contributed by atoms with E-state index in [0.29, 0.717) is 16.9 Å². The lowest BCUT2D eigenvalue weighted by molar-refractivity contribution is -0.126. The first-order valence-electron chi connectivity index (χ1n) is 13.5. The average molecular weight is 535 g/mol. The number of carbonyl (C=O) groups excluding carboxylic acids is 1. The molecule has 6 N–H and O–H groups in total. The quantitative estimate of drug-likeness (QED) is 0.277. The van der Waals surface area contributed by atoms with E-state index in [0.717, 1.165) is 74.7 Å². The predicted molar refractivity (Wildman–Crippen MR) is 156 cm³/mol. The number of aliphatic hydroxyl groups excluding tert-OH is 1. The summed E-state index contributed by atoms with van der Waals surface area (Å²) in [4.78, 5) is 18.5. The molecule has 1 aromatic heterocycles. The second kappa shape index (κ2) is 11.8. The number of thiophene rings is 1. The number of likely N-dealkylation sites (tertiary alicyclic amines) is 1. The van der Waals surface area contributed by atoms with Crippen molar-refractivity contribution in [1.82, 2.24) is 15.1 Å². The summed E-state index contributed by atoms with van der Waals surface area (Å²) >= 11 is 1.65. The van der Waals surface area contributed by atoms with Crippen molar-refractivity contribution in [3.8, 4) is 10.4 Å². The Hall–Kier alpha value is -2.95. The molecule has 8 nitrogen and oxygen atoms in total. The summed E-state index contributed by atoms with van der Waals surface area (Å²) in [5, 5.41) is 23.0. The van der Waals surface area contributed by atoms with E-state index < -0.39 is 6.35 Å². The van der Waals surface area contributed by atoms with Crippen molar-refractivity contribution in [2.45, 2.75) is 38.1 Å². The van der Waals surface area contributed by atoms with E-state index >= 15 is 0 Å². The van der Waals surface area contributed by atoms with Gasteiger partial charge in [-0.1, -0.05) is 19.1 Å². The number of amides is 1. The van der Waals surface area contributed by atoms with Crippen molar-refractivity contribution >= 4 is 34.3 Å². The molecule has 0 saturated carbocycles. The van der Waals surface area contributed by atoms with Gasteiger partial charge in [0.05, 0.1) is 11.4 Å². The van der Waals surface area contributed by atoms with Gasteiger partial charge in [-0.3, -0.25) is 14.6 Å². The van der Waals surface area contributed by atoms with E-state index in [9.17, 15) is 9.90 Å². The molecule has 38 heavy (non-hydrogen) atoms. The second-order valence-corrected chi connectivity index (χ2v) is 11.2.